The highest BCUT2D eigenvalue weighted by molar-refractivity contribution is 5.85. The third-order valence-corrected chi connectivity index (χ3v) is 3.42. The van der Waals surface area contributed by atoms with Gasteiger partial charge in [-0.05, 0) is 5.92 Å². The van der Waals surface area contributed by atoms with E-state index < -0.39 is 0 Å². The van der Waals surface area contributed by atoms with Crippen molar-refractivity contribution in [1.82, 2.24) is 20.3 Å². The van der Waals surface area contributed by atoms with Crippen LogP contribution in [0.5, 0.6) is 0 Å². The minimum atomic E-state index is -0.270. The van der Waals surface area contributed by atoms with Crippen molar-refractivity contribution in [2.75, 3.05) is 6.61 Å². The second-order valence-corrected chi connectivity index (χ2v) is 6.70. The van der Waals surface area contributed by atoms with Gasteiger partial charge in [0.1, 0.15) is 11.5 Å². The second-order valence-electron chi connectivity index (χ2n) is 6.70. The Kier molecular flexibility index (Phi) is 8.80. The van der Waals surface area contributed by atoms with Gasteiger partial charge in [-0.2, -0.15) is 0 Å². The molecule has 0 saturated heterocycles. The van der Waals surface area contributed by atoms with Gasteiger partial charge in [0.25, 0.3) is 0 Å². The van der Waals surface area contributed by atoms with Crippen molar-refractivity contribution in [3.63, 3.8) is 0 Å². The van der Waals surface area contributed by atoms with E-state index in [0.29, 0.717) is 24.8 Å². The van der Waals surface area contributed by atoms with Crippen LogP contribution in [0.4, 0.5) is 0 Å². The van der Waals surface area contributed by atoms with Crippen molar-refractivity contribution in [2.24, 2.45) is 11.8 Å². The average Bonchev–Trinajstić information content (AvgIpc) is 3.01. The first-order valence-electron chi connectivity index (χ1n) is 8.62. The molecule has 0 atom stereocenters. The van der Waals surface area contributed by atoms with Crippen molar-refractivity contribution in [1.29, 1.82) is 0 Å². The van der Waals surface area contributed by atoms with Crippen molar-refractivity contribution < 1.29 is 20.5 Å². The predicted octanol–water partition coefficient (Wildman–Crippen LogP) is 1.73. The number of aryl methyl sites for hydroxylation is 1. The maximum absolute atomic E-state index is 11.7. The zero-order valence-electron chi connectivity index (χ0n) is 15.4. The van der Waals surface area contributed by atoms with Crippen LogP contribution in [-0.2, 0) is 32.2 Å². The molecular weight excluding hydrogens is 324 g/mol. The molecule has 0 aliphatic carbocycles. The minimum Gasteiger partial charge on any atom is -0.465 e. The van der Waals surface area contributed by atoms with Gasteiger partial charge < -0.3 is 10.1 Å². The number of rotatable bonds is 11. The standard InChI is InChI=1S/C17H28N4O4.H2/c1-12(2)11-25-17(24)7-8-21-10-14(19-20-21)9-18-16(23)6-5-15(22)13(3)4;/h10,12-13H,5-9,11H2,1-4H3,(H,18,23);1H. The van der Waals surface area contributed by atoms with Crippen LogP contribution in [0.2, 0.25) is 0 Å². The fraction of sp³-hybridized carbons (Fsp3) is 0.706. The van der Waals surface area contributed by atoms with Crippen molar-refractivity contribution in [2.45, 2.75) is 60.0 Å². The van der Waals surface area contributed by atoms with Crippen molar-refractivity contribution in [3.05, 3.63) is 11.9 Å². The van der Waals surface area contributed by atoms with Gasteiger partial charge >= 0.3 is 5.97 Å². The molecule has 0 saturated carbocycles. The first-order chi connectivity index (χ1) is 11.8. The third-order valence-electron chi connectivity index (χ3n) is 3.42. The molecule has 0 bridgehead atoms. The van der Waals surface area contributed by atoms with Gasteiger partial charge in [-0.25, -0.2) is 0 Å². The monoisotopic (exact) mass is 354 g/mol. The molecule has 1 heterocycles. The molecule has 1 amide bonds. The lowest BCUT2D eigenvalue weighted by atomic mass is 10.0. The summed E-state index contributed by atoms with van der Waals surface area (Å²) < 4.78 is 6.63. The average molecular weight is 354 g/mol. The summed E-state index contributed by atoms with van der Waals surface area (Å²) in [6.45, 7) is 8.61. The number of ether oxygens (including phenoxy) is 1. The first-order valence-corrected chi connectivity index (χ1v) is 8.62. The number of carbonyl (C=O) groups excluding carboxylic acids is 3. The van der Waals surface area contributed by atoms with E-state index in [4.69, 9.17) is 4.74 Å². The Labute approximate surface area is 149 Å². The van der Waals surface area contributed by atoms with Crippen molar-refractivity contribution in [3.8, 4) is 0 Å². The summed E-state index contributed by atoms with van der Waals surface area (Å²) in [7, 11) is 0. The van der Waals surface area contributed by atoms with Gasteiger partial charge in [0.05, 0.1) is 32.3 Å². The second kappa shape index (κ2) is 10.6. The van der Waals surface area contributed by atoms with Crippen molar-refractivity contribution >= 4 is 17.7 Å². The van der Waals surface area contributed by atoms with Crippen LogP contribution in [0, 0.1) is 11.8 Å². The highest BCUT2D eigenvalue weighted by Gasteiger charge is 2.11. The van der Waals surface area contributed by atoms with E-state index in [1.807, 2.05) is 27.7 Å². The van der Waals surface area contributed by atoms with Crippen LogP contribution in [-0.4, -0.2) is 39.3 Å². The van der Waals surface area contributed by atoms with E-state index in [1.165, 1.54) is 0 Å². The number of ketones is 1. The molecule has 0 aliphatic heterocycles. The smallest absolute Gasteiger partial charge is 0.307 e. The normalized spacial score (nSPS) is 11.0. The molecule has 0 fully saturated rings. The molecule has 8 heteroatoms. The summed E-state index contributed by atoms with van der Waals surface area (Å²) in [5, 5.41) is 10.6. The zero-order valence-corrected chi connectivity index (χ0v) is 15.4. The summed E-state index contributed by atoms with van der Waals surface area (Å²) in [6.07, 6.45) is 2.32. The SMILES string of the molecule is CC(C)COC(=O)CCn1cc(CNC(=O)CCC(=O)C(C)C)nn1.[HH]. The molecule has 0 unspecified atom stereocenters. The number of aromatic nitrogens is 3. The Morgan fingerprint density at radius 1 is 1.20 bits per heavy atom. The zero-order chi connectivity index (χ0) is 18.8. The van der Waals surface area contributed by atoms with E-state index in [9.17, 15) is 14.4 Å². The van der Waals surface area contributed by atoms with Crippen LogP contribution in [0.1, 0.15) is 54.1 Å². The Balaban J connectivity index is 0.00000625. The van der Waals surface area contributed by atoms with Gasteiger partial charge in [-0.15, -0.1) is 5.10 Å². The Bertz CT molecular complexity index is 587. The molecule has 1 aromatic rings. The summed E-state index contributed by atoms with van der Waals surface area (Å²) in [4.78, 5) is 34.8. The number of esters is 1. The fourth-order valence-electron chi connectivity index (χ4n) is 1.87. The Hall–Kier alpha value is -2.25. The molecule has 142 valence electrons. The third kappa shape index (κ3) is 8.97. The number of Topliss-reactive ketones (excluding diaryl/α,β-unsaturated/α-hetero) is 1. The summed E-state index contributed by atoms with van der Waals surface area (Å²) in [5.74, 6) is -0.138. The molecule has 25 heavy (non-hydrogen) atoms. The van der Waals surface area contributed by atoms with Gasteiger partial charge in [0.2, 0.25) is 5.91 Å². The van der Waals surface area contributed by atoms with E-state index in [1.54, 1.807) is 10.9 Å². The molecule has 0 aromatic carbocycles. The maximum Gasteiger partial charge on any atom is 0.307 e. The maximum atomic E-state index is 11.7. The van der Waals surface area contributed by atoms with Crippen LogP contribution in [0.3, 0.4) is 0 Å². The lowest BCUT2D eigenvalue weighted by molar-refractivity contribution is -0.145. The minimum absolute atomic E-state index is 0. The molecule has 1 N–H and O–H groups in total. The highest BCUT2D eigenvalue weighted by atomic mass is 16.5. The number of nitrogens with one attached hydrogen (secondary N) is 1. The summed E-state index contributed by atoms with van der Waals surface area (Å²) >= 11 is 0. The Morgan fingerprint density at radius 3 is 2.56 bits per heavy atom. The lowest BCUT2D eigenvalue weighted by Gasteiger charge is -2.06. The lowest BCUT2D eigenvalue weighted by Crippen LogP contribution is -2.24. The largest absolute Gasteiger partial charge is 0.465 e. The van der Waals surface area contributed by atoms with Gasteiger partial charge in [-0.1, -0.05) is 32.9 Å². The molecule has 0 aliphatic rings. The Morgan fingerprint density at radius 2 is 1.92 bits per heavy atom. The predicted molar refractivity (Wildman–Crippen MR) is 93.5 cm³/mol. The number of amides is 1. The van der Waals surface area contributed by atoms with E-state index in [0.717, 1.165) is 0 Å². The fourth-order valence-corrected chi connectivity index (χ4v) is 1.87. The number of nitrogens with zero attached hydrogens (tertiary/aromatic N) is 3. The highest BCUT2D eigenvalue weighted by Crippen LogP contribution is 2.02. The number of hydrogen-bond donors (Lipinski definition) is 1. The molecular formula is C17H30N4O4. The molecule has 1 rings (SSSR count). The van der Waals surface area contributed by atoms with Crippen LogP contribution in [0.25, 0.3) is 0 Å². The number of hydrogen-bond acceptors (Lipinski definition) is 6. The van der Waals surface area contributed by atoms with Gasteiger partial charge in [0.15, 0.2) is 0 Å². The van der Waals surface area contributed by atoms with E-state index in [-0.39, 0.29) is 50.8 Å². The molecule has 1 aromatic heterocycles. The van der Waals surface area contributed by atoms with Gasteiger partial charge in [0, 0.05) is 20.2 Å². The quantitative estimate of drug-likeness (QED) is 0.607. The molecule has 8 nitrogen and oxygen atoms in total. The van der Waals surface area contributed by atoms with Crippen LogP contribution < -0.4 is 5.32 Å². The number of carbonyl (C=O) groups is 3. The molecule has 0 spiro atoms. The summed E-state index contributed by atoms with van der Waals surface area (Å²) in [5.41, 5.74) is 0.596. The van der Waals surface area contributed by atoms with E-state index >= 15 is 0 Å². The molecule has 0 radical (unpaired) electrons. The van der Waals surface area contributed by atoms with Crippen LogP contribution >= 0.6 is 0 Å². The van der Waals surface area contributed by atoms with Crippen LogP contribution in [0.15, 0.2) is 6.20 Å². The first kappa shape index (κ1) is 20.8. The van der Waals surface area contributed by atoms with E-state index in [2.05, 4.69) is 15.6 Å². The summed E-state index contributed by atoms with van der Waals surface area (Å²) in [6, 6.07) is 0. The topological polar surface area (TPSA) is 103 Å². The van der Waals surface area contributed by atoms with Gasteiger partial charge in [-0.3, -0.25) is 19.1 Å².